The number of carbonyl (C=O) groups excluding carboxylic acids is 1. The number of carbonyl (C=O) groups is 1. The summed E-state index contributed by atoms with van der Waals surface area (Å²) >= 11 is 0. The first-order valence-electron chi connectivity index (χ1n) is 6.45. The van der Waals surface area contributed by atoms with Gasteiger partial charge in [0.25, 0.3) is 0 Å². The monoisotopic (exact) mass is 263 g/mol. The molecule has 2 N–H and O–H groups in total. The van der Waals surface area contributed by atoms with Gasteiger partial charge in [-0.15, -0.1) is 0 Å². The molecule has 0 aromatic heterocycles. The van der Waals surface area contributed by atoms with Crippen LogP contribution in [0.5, 0.6) is 0 Å². The van der Waals surface area contributed by atoms with Gasteiger partial charge >= 0.3 is 5.97 Å². The van der Waals surface area contributed by atoms with Gasteiger partial charge in [-0.25, -0.2) is 8.78 Å². The molecule has 0 aromatic carbocycles. The predicted molar refractivity (Wildman–Crippen MR) is 65.3 cm³/mol. The Kier molecular flexibility index (Phi) is 4.70. The first-order valence-corrected chi connectivity index (χ1v) is 6.45. The largest absolute Gasteiger partial charge is 0.459 e. The van der Waals surface area contributed by atoms with E-state index in [1.54, 1.807) is 20.8 Å². The summed E-state index contributed by atoms with van der Waals surface area (Å²) in [5.74, 6) is -2.88. The van der Waals surface area contributed by atoms with Gasteiger partial charge in [-0.1, -0.05) is 0 Å². The van der Waals surface area contributed by atoms with Crippen LogP contribution in [-0.2, 0) is 9.53 Å². The number of alkyl halides is 2. The molecule has 0 aromatic rings. The number of rotatable bonds is 3. The van der Waals surface area contributed by atoms with Crippen molar-refractivity contribution >= 4 is 5.97 Å². The molecule has 1 aliphatic rings. The summed E-state index contributed by atoms with van der Waals surface area (Å²) in [6.45, 7) is 5.33. The number of hydrogen-bond donors (Lipinski definition) is 1. The maximum atomic E-state index is 13.0. The Morgan fingerprint density at radius 3 is 2.33 bits per heavy atom. The van der Waals surface area contributed by atoms with Crippen LogP contribution in [-0.4, -0.2) is 23.5 Å². The second-order valence-electron chi connectivity index (χ2n) is 6.17. The van der Waals surface area contributed by atoms with Crippen molar-refractivity contribution in [3.05, 3.63) is 0 Å². The van der Waals surface area contributed by atoms with E-state index in [4.69, 9.17) is 10.5 Å². The van der Waals surface area contributed by atoms with Gasteiger partial charge < -0.3 is 10.5 Å². The third kappa shape index (κ3) is 5.29. The second-order valence-corrected chi connectivity index (χ2v) is 6.17. The van der Waals surface area contributed by atoms with Crippen LogP contribution in [0.1, 0.15) is 52.9 Å². The van der Waals surface area contributed by atoms with E-state index >= 15 is 0 Å². The molecular formula is C13H23F2NO2. The summed E-state index contributed by atoms with van der Waals surface area (Å²) in [7, 11) is 0. The molecule has 0 saturated heterocycles. The normalized spacial score (nSPS) is 22.6. The molecular weight excluding hydrogens is 240 g/mol. The average molecular weight is 263 g/mol. The highest BCUT2D eigenvalue weighted by atomic mass is 19.3. The Morgan fingerprint density at radius 1 is 1.39 bits per heavy atom. The number of hydrogen-bond acceptors (Lipinski definition) is 3. The van der Waals surface area contributed by atoms with Gasteiger partial charge in [0, 0.05) is 12.8 Å². The lowest BCUT2D eigenvalue weighted by molar-refractivity contribution is -0.157. The molecule has 5 heteroatoms. The predicted octanol–water partition coefficient (Wildman–Crippen LogP) is 2.87. The molecule has 0 aliphatic heterocycles. The second kappa shape index (κ2) is 5.51. The third-order valence-corrected chi connectivity index (χ3v) is 3.13. The molecule has 1 atom stereocenters. The Balaban J connectivity index is 2.37. The highest BCUT2D eigenvalue weighted by Crippen LogP contribution is 2.37. The zero-order chi connectivity index (χ0) is 14.0. The van der Waals surface area contributed by atoms with E-state index in [0.29, 0.717) is 19.3 Å². The third-order valence-electron chi connectivity index (χ3n) is 3.13. The van der Waals surface area contributed by atoms with Gasteiger partial charge in [0.2, 0.25) is 5.92 Å². The number of halogens is 2. The first kappa shape index (κ1) is 15.3. The van der Waals surface area contributed by atoms with Crippen LogP contribution in [0.2, 0.25) is 0 Å². The quantitative estimate of drug-likeness (QED) is 0.797. The molecule has 1 rings (SSSR count). The van der Waals surface area contributed by atoms with Crippen molar-refractivity contribution < 1.29 is 18.3 Å². The van der Waals surface area contributed by atoms with E-state index in [-0.39, 0.29) is 18.8 Å². The van der Waals surface area contributed by atoms with Gasteiger partial charge in [0.15, 0.2) is 0 Å². The summed E-state index contributed by atoms with van der Waals surface area (Å²) < 4.78 is 31.1. The lowest BCUT2D eigenvalue weighted by Crippen LogP contribution is -2.39. The molecule has 106 valence electrons. The minimum absolute atomic E-state index is 0.0985. The molecule has 3 nitrogen and oxygen atoms in total. The number of ether oxygens (including phenoxy) is 1. The first-order chi connectivity index (χ1) is 8.09. The fraction of sp³-hybridized carbons (Fsp3) is 0.923. The van der Waals surface area contributed by atoms with Gasteiger partial charge in [0.05, 0.1) is 0 Å². The maximum Gasteiger partial charge on any atom is 0.323 e. The van der Waals surface area contributed by atoms with Crippen molar-refractivity contribution in [2.45, 2.75) is 70.4 Å². The topological polar surface area (TPSA) is 52.3 Å². The maximum absolute atomic E-state index is 13.0. The Morgan fingerprint density at radius 2 is 1.89 bits per heavy atom. The molecule has 1 saturated carbocycles. The summed E-state index contributed by atoms with van der Waals surface area (Å²) in [5.41, 5.74) is 5.20. The van der Waals surface area contributed by atoms with Crippen LogP contribution in [0.15, 0.2) is 0 Å². The SMILES string of the molecule is CC(C)(C)OC(=O)[C@H](N)CC1CCC(F)(F)CC1. The summed E-state index contributed by atoms with van der Waals surface area (Å²) in [5, 5.41) is 0. The van der Waals surface area contributed by atoms with E-state index in [1.165, 1.54) is 0 Å². The summed E-state index contributed by atoms with van der Waals surface area (Å²) in [6.07, 6.45) is 1.11. The van der Waals surface area contributed by atoms with Crippen molar-refractivity contribution in [1.29, 1.82) is 0 Å². The Labute approximate surface area is 107 Å². The minimum Gasteiger partial charge on any atom is -0.459 e. The van der Waals surface area contributed by atoms with Crippen LogP contribution in [0.4, 0.5) is 8.78 Å². The van der Waals surface area contributed by atoms with Gasteiger partial charge in [-0.3, -0.25) is 4.79 Å². The fourth-order valence-corrected chi connectivity index (χ4v) is 2.17. The highest BCUT2D eigenvalue weighted by Gasteiger charge is 2.36. The fourth-order valence-electron chi connectivity index (χ4n) is 2.17. The van der Waals surface area contributed by atoms with E-state index in [1.807, 2.05) is 0 Å². The van der Waals surface area contributed by atoms with Crippen molar-refractivity contribution in [3.8, 4) is 0 Å². The van der Waals surface area contributed by atoms with Crippen LogP contribution < -0.4 is 5.73 Å². The Hall–Kier alpha value is -0.710. The van der Waals surface area contributed by atoms with Crippen LogP contribution >= 0.6 is 0 Å². The van der Waals surface area contributed by atoms with Crippen LogP contribution in [0.3, 0.4) is 0 Å². The Bertz CT molecular complexity index is 290. The lowest BCUT2D eigenvalue weighted by atomic mass is 9.83. The van der Waals surface area contributed by atoms with Crippen molar-refractivity contribution in [1.82, 2.24) is 0 Å². The van der Waals surface area contributed by atoms with Crippen LogP contribution in [0.25, 0.3) is 0 Å². The molecule has 1 fully saturated rings. The highest BCUT2D eigenvalue weighted by molar-refractivity contribution is 5.75. The molecule has 1 aliphatic carbocycles. The smallest absolute Gasteiger partial charge is 0.323 e. The molecule has 0 bridgehead atoms. The molecule has 0 heterocycles. The van der Waals surface area contributed by atoms with Gasteiger partial charge in [0.1, 0.15) is 11.6 Å². The number of esters is 1. The lowest BCUT2D eigenvalue weighted by Gasteiger charge is -2.30. The van der Waals surface area contributed by atoms with Crippen molar-refractivity contribution in [3.63, 3.8) is 0 Å². The van der Waals surface area contributed by atoms with E-state index in [9.17, 15) is 13.6 Å². The zero-order valence-corrected chi connectivity index (χ0v) is 11.3. The zero-order valence-electron chi connectivity index (χ0n) is 11.3. The van der Waals surface area contributed by atoms with Crippen molar-refractivity contribution in [2.24, 2.45) is 11.7 Å². The van der Waals surface area contributed by atoms with Crippen molar-refractivity contribution in [2.75, 3.05) is 0 Å². The minimum atomic E-state index is -2.54. The molecule has 0 radical (unpaired) electrons. The average Bonchev–Trinajstić information content (AvgIpc) is 2.18. The molecule has 0 amide bonds. The standard InChI is InChI=1S/C13H23F2NO2/c1-12(2,3)18-11(17)10(16)8-9-4-6-13(14,15)7-5-9/h9-10H,4-8,16H2,1-3H3/t10-/m1/s1. The van der Waals surface area contributed by atoms with Gasteiger partial charge in [-0.2, -0.15) is 0 Å². The summed E-state index contributed by atoms with van der Waals surface area (Å²) in [4.78, 5) is 11.7. The summed E-state index contributed by atoms with van der Waals surface area (Å²) in [6, 6.07) is -0.707. The molecule has 0 unspecified atom stereocenters. The van der Waals surface area contributed by atoms with Gasteiger partial charge in [-0.05, 0) is 46.0 Å². The number of nitrogens with two attached hydrogens (primary N) is 1. The van der Waals surface area contributed by atoms with E-state index in [0.717, 1.165) is 0 Å². The van der Waals surface area contributed by atoms with E-state index < -0.39 is 23.5 Å². The van der Waals surface area contributed by atoms with E-state index in [2.05, 4.69) is 0 Å². The van der Waals surface area contributed by atoms with Crippen LogP contribution in [0, 0.1) is 5.92 Å². The molecule has 0 spiro atoms. The molecule has 18 heavy (non-hydrogen) atoms.